The third kappa shape index (κ3) is 4.27. The molecule has 2 heterocycles. The Bertz CT molecular complexity index is 868. The second-order valence-corrected chi connectivity index (χ2v) is 6.72. The van der Waals surface area contributed by atoms with Gasteiger partial charge in [0.1, 0.15) is 11.5 Å². The van der Waals surface area contributed by atoms with Crippen LogP contribution in [0, 0.1) is 5.82 Å². The largest absolute Gasteiger partial charge is 0.350 e. The Hall–Kier alpha value is -2.05. The van der Waals surface area contributed by atoms with Crippen LogP contribution in [0.15, 0.2) is 53.7 Å². The Kier molecular flexibility index (Phi) is 5.37. The lowest BCUT2D eigenvalue weighted by molar-refractivity contribution is -0.120. The fourth-order valence-corrected chi connectivity index (χ4v) is 3.25. The summed E-state index contributed by atoms with van der Waals surface area (Å²) >= 11 is 7.26. The van der Waals surface area contributed by atoms with E-state index in [2.05, 4.69) is 10.3 Å². The van der Waals surface area contributed by atoms with Crippen molar-refractivity contribution in [2.45, 2.75) is 17.9 Å². The van der Waals surface area contributed by atoms with Gasteiger partial charge in [-0.1, -0.05) is 23.7 Å². The van der Waals surface area contributed by atoms with Crippen LogP contribution >= 0.6 is 23.4 Å². The number of nitrogens with zero attached hydrogens (tertiary/aromatic N) is 2. The maximum absolute atomic E-state index is 13.5. The van der Waals surface area contributed by atoms with E-state index in [-0.39, 0.29) is 11.7 Å². The zero-order valence-corrected chi connectivity index (χ0v) is 14.3. The molecule has 7 heteroatoms. The molecule has 0 fully saturated rings. The van der Waals surface area contributed by atoms with Crippen LogP contribution in [0.5, 0.6) is 0 Å². The highest BCUT2D eigenvalue weighted by Gasteiger charge is 2.07. The fourth-order valence-electron chi connectivity index (χ4n) is 2.20. The minimum Gasteiger partial charge on any atom is -0.350 e. The molecule has 0 aliphatic heterocycles. The average Bonchev–Trinajstić information content (AvgIpc) is 2.97. The number of fused-ring (bicyclic) bond motifs is 1. The molecular formula is C17H15ClFN3OS. The molecule has 2 aromatic heterocycles. The molecule has 1 N–H and O–H groups in total. The predicted molar refractivity (Wildman–Crippen MR) is 93.8 cm³/mol. The highest BCUT2D eigenvalue weighted by molar-refractivity contribution is 7.99. The van der Waals surface area contributed by atoms with Crippen LogP contribution in [0.25, 0.3) is 5.65 Å². The van der Waals surface area contributed by atoms with Gasteiger partial charge in [-0.3, -0.25) is 4.79 Å². The molecule has 0 aliphatic rings. The quantitative estimate of drug-likeness (QED) is 0.675. The number of hydrogen-bond donors (Lipinski definition) is 1. The summed E-state index contributed by atoms with van der Waals surface area (Å²) in [6, 6.07) is 10.1. The first-order chi connectivity index (χ1) is 11.6. The molecule has 124 valence electrons. The van der Waals surface area contributed by atoms with E-state index < -0.39 is 0 Å². The molecule has 1 aromatic carbocycles. The van der Waals surface area contributed by atoms with Gasteiger partial charge in [-0.15, -0.1) is 11.8 Å². The summed E-state index contributed by atoms with van der Waals surface area (Å²) in [5.74, 6) is 0.174. The van der Waals surface area contributed by atoms with Gasteiger partial charge in [-0.25, -0.2) is 9.37 Å². The number of nitrogens with one attached hydrogen (secondary N) is 1. The van der Waals surface area contributed by atoms with Crippen molar-refractivity contribution in [3.8, 4) is 0 Å². The van der Waals surface area contributed by atoms with Crippen LogP contribution in [-0.4, -0.2) is 21.0 Å². The average molecular weight is 364 g/mol. The van der Waals surface area contributed by atoms with E-state index in [4.69, 9.17) is 11.6 Å². The van der Waals surface area contributed by atoms with Crippen molar-refractivity contribution in [1.29, 1.82) is 0 Å². The second-order valence-electron chi connectivity index (χ2n) is 5.15. The highest BCUT2D eigenvalue weighted by atomic mass is 35.5. The standard InChI is InChI=1S/C17H15ClFN3OS/c18-12-5-6-16-21-13(11-22(16)10-12)9-20-17(23)7-8-24-15-4-2-1-3-14(15)19/h1-6,10-11H,7-9H2,(H,20,23). The predicted octanol–water partition coefficient (Wildman–Crippen LogP) is 3.93. The van der Waals surface area contributed by atoms with Gasteiger partial charge in [-0.05, 0) is 24.3 Å². The molecule has 0 atom stereocenters. The van der Waals surface area contributed by atoms with Crippen molar-refractivity contribution in [3.05, 3.63) is 65.3 Å². The number of rotatable bonds is 6. The van der Waals surface area contributed by atoms with Crippen molar-refractivity contribution in [2.75, 3.05) is 5.75 Å². The first kappa shape index (κ1) is 16.8. The molecule has 0 radical (unpaired) electrons. The molecule has 24 heavy (non-hydrogen) atoms. The summed E-state index contributed by atoms with van der Waals surface area (Å²) < 4.78 is 15.3. The lowest BCUT2D eigenvalue weighted by Gasteiger charge is -2.04. The fraction of sp³-hybridized carbons (Fsp3) is 0.176. The van der Waals surface area contributed by atoms with Crippen LogP contribution in [0.3, 0.4) is 0 Å². The first-order valence-corrected chi connectivity index (χ1v) is 8.75. The van der Waals surface area contributed by atoms with E-state index in [1.54, 1.807) is 30.5 Å². The van der Waals surface area contributed by atoms with Gasteiger partial charge < -0.3 is 9.72 Å². The molecule has 3 aromatic rings. The van der Waals surface area contributed by atoms with E-state index in [1.165, 1.54) is 17.8 Å². The number of halogens is 2. The Morgan fingerprint density at radius 3 is 2.92 bits per heavy atom. The van der Waals surface area contributed by atoms with Crippen molar-refractivity contribution in [1.82, 2.24) is 14.7 Å². The third-order valence-electron chi connectivity index (χ3n) is 3.35. The summed E-state index contributed by atoms with van der Waals surface area (Å²) in [4.78, 5) is 16.8. The third-order valence-corrected chi connectivity index (χ3v) is 4.63. The Labute approximate surface area is 148 Å². The zero-order valence-electron chi connectivity index (χ0n) is 12.7. The van der Waals surface area contributed by atoms with Crippen LogP contribution in [0.4, 0.5) is 4.39 Å². The molecule has 0 saturated heterocycles. The molecule has 0 aliphatic carbocycles. The zero-order chi connectivity index (χ0) is 16.9. The van der Waals surface area contributed by atoms with Gasteiger partial charge in [0.05, 0.1) is 17.3 Å². The number of carbonyl (C=O) groups excluding carboxylic acids is 1. The van der Waals surface area contributed by atoms with Crippen molar-refractivity contribution in [2.24, 2.45) is 0 Å². The van der Waals surface area contributed by atoms with E-state index in [1.807, 2.05) is 16.7 Å². The highest BCUT2D eigenvalue weighted by Crippen LogP contribution is 2.21. The Balaban J connectivity index is 1.47. The van der Waals surface area contributed by atoms with Gasteiger partial charge >= 0.3 is 0 Å². The number of pyridine rings is 1. The molecule has 3 rings (SSSR count). The lowest BCUT2D eigenvalue weighted by atomic mass is 10.3. The number of amides is 1. The van der Waals surface area contributed by atoms with Gasteiger partial charge in [-0.2, -0.15) is 0 Å². The summed E-state index contributed by atoms with van der Waals surface area (Å²) in [6.45, 7) is 0.350. The minimum absolute atomic E-state index is 0.0890. The maximum atomic E-state index is 13.5. The molecule has 0 unspecified atom stereocenters. The molecule has 1 amide bonds. The van der Waals surface area contributed by atoms with Crippen molar-refractivity contribution < 1.29 is 9.18 Å². The summed E-state index contributed by atoms with van der Waals surface area (Å²) in [5, 5.41) is 3.45. The van der Waals surface area contributed by atoms with Crippen LogP contribution in [-0.2, 0) is 11.3 Å². The topological polar surface area (TPSA) is 46.4 Å². The molecular weight excluding hydrogens is 349 g/mol. The summed E-state index contributed by atoms with van der Waals surface area (Å²) in [6.07, 6.45) is 3.91. The monoisotopic (exact) mass is 363 g/mol. The van der Waals surface area contributed by atoms with Gasteiger partial charge in [0.15, 0.2) is 0 Å². The van der Waals surface area contributed by atoms with Crippen LogP contribution < -0.4 is 5.32 Å². The molecule has 0 spiro atoms. The van der Waals surface area contributed by atoms with E-state index in [0.29, 0.717) is 28.6 Å². The minimum atomic E-state index is -0.258. The Morgan fingerprint density at radius 2 is 2.08 bits per heavy atom. The number of hydrogen-bond acceptors (Lipinski definition) is 3. The van der Waals surface area contributed by atoms with Gasteiger partial charge in [0.25, 0.3) is 0 Å². The maximum Gasteiger partial charge on any atom is 0.221 e. The number of aromatic nitrogens is 2. The summed E-state index contributed by atoms with van der Waals surface area (Å²) in [5.41, 5.74) is 1.53. The molecule has 4 nitrogen and oxygen atoms in total. The number of thioether (sulfide) groups is 1. The van der Waals surface area contributed by atoms with Gasteiger partial charge in [0.2, 0.25) is 5.91 Å². The van der Waals surface area contributed by atoms with Crippen molar-refractivity contribution >= 4 is 34.9 Å². The van der Waals surface area contributed by atoms with Crippen LogP contribution in [0.1, 0.15) is 12.1 Å². The van der Waals surface area contributed by atoms with E-state index in [0.717, 1.165) is 11.3 Å². The smallest absolute Gasteiger partial charge is 0.221 e. The molecule has 0 bridgehead atoms. The SMILES string of the molecule is O=C(CCSc1ccccc1F)NCc1cn2cc(Cl)ccc2n1. The van der Waals surface area contributed by atoms with Crippen LogP contribution in [0.2, 0.25) is 5.02 Å². The number of imidazole rings is 1. The Morgan fingerprint density at radius 1 is 1.25 bits per heavy atom. The molecule has 0 saturated carbocycles. The van der Waals surface area contributed by atoms with Crippen molar-refractivity contribution in [3.63, 3.8) is 0 Å². The normalized spacial score (nSPS) is 10.9. The first-order valence-electron chi connectivity index (χ1n) is 7.39. The number of benzene rings is 1. The van der Waals surface area contributed by atoms with E-state index in [9.17, 15) is 9.18 Å². The van der Waals surface area contributed by atoms with Gasteiger partial charge in [0, 0.05) is 29.5 Å². The number of carbonyl (C=O) groups is 1. The summed E-state index contributed by atoms with van der Waals surface area (Å²) in [7, 11) is 0. The van der Waals surface area contributed by atoms with E-state index >= 15 is 0 Å². The lowest BCUT2D eigenvalue weighted by Crippen LogP contribution is -2.23. The second kappa shape index (κ2) is 7.68.